The van der Waals surface area contributed by atoms with Crippen LogP contribution < -0.4 is 5.32 Å². The standard InChI is InChI=1S/C25H27BrFN3O3/c26-20-12-18(27)8-16-10-21(30-24(16)20)23(32)11-17(7-14-5-6-14)25(33)29-19(13-28)9-15-3-1-2-4-22(15)31/h8,10,12,14-15,17,19,30H,1-7,9,11H2,(H,29,33)/t15-,17+,19-/m0/s1. The van der Waals surface area contributed by atoms with Gasteiger partial charge in [-0.05, 0) is 65.7 Å². The lowest BCUT2D eigenvalue weighted by Gasteiger charge is -2.24. The number of fused-ring (bicyclic) bond motifs is 1. The molecule has 2 N–H and O–H groups in total. The van der Waals surface area contributed by atoms with Crippen molar-refractivity contribution < 1.29 is 18.8 Å². The molecule has 0 aliphatic heterocycles. The van der Waals surface area contributed by atoms with Crippen molar-refractivity contribution in [2.24, 2.45) is 17.8 Å². The van der Waals surface area contributed by atoms with Crippen molar-refractivity contribution in [2.45, 2.75) is 63.8 Å². The van der Waals surface area contributed by atoms with Crippen molar-refractivity contribution in [3.05, 3.63) is 34.2 Å². The minimum atomic E-state index is -0.742. The summed E-state index contributed by atoms with van der Waals surface area (Å²) in [5.74, 6) is -1.09. The topological polar surface area (TPSA) is 103 Å². The first-order valence-electron chi connectivity index (χ1n) is 11.6. The summed E-state index contributed by atoms with van der Waals surface area (Å²) in [4.78, 5) is 41.3. The quantitative estimate of drug-likeness (QED) is 0.447. The third-order valence-corrected chi connectivity index (χ3v) is 7.36. The Hall–Kier alpha value is -2.53. The molecule has 1 amide bonds. The van der Waals surface area contributed by atoms with Gasteiger partial charge in [0.05, 0.1) is 17.3 Å². The highest BCUT2D eigenvalue weighted by molar-refractivity contribution is 9.10. The van der Waals surface area contributed by atoms with Crippen LogP contribution in [0.5, 0.6) is 0 Å². The van der Waals surface area contributed by atoms with Gasteiger partial charge in [-0.3, -0.25) is 14.4 Å². The lowest BCUT2D eigenvalue weighted by Crippen LogP contribution is -2.41. The number of ketones is 2. The molecule has 4 rings (SSSR count). The van der Waals surface area contributed by atoms with Crippen LogP contribution in [0.15, 0.2) is 22.7 Å². The minimum absolute atomic E-state index is 0.00969. The van der Waals surface area contributed by atoms with Crippen LogP contribution in [-0.4, -0.2) is 28.5 Å². The molecule has 33 heavy (non-hydrogen) atoms. The first kappa shape index (κ1) is 23.6. The molecule has 2 aliphatic carbocycles. The first-order chi connectivity index (χ1) is 15.8. The first-order valence-corrected chi connectivity index (χ1v) is 12.4. The molecule has 0 spiro atoms. The van der Waals surface area contributed by atoms with Crippen LogP contribution in [0.4, 0.5) is 4.39 Å². The van der Waals surface area contributed by atoms with Crippen molar-refractivity contribution in [3.8, 4) is 6.07 Å². The van der Waals surface area contributed by atoms with E-state index in [1.807, 2.05) is 0 Å². The number of amides is 1. The number of rotatable bonds is 9. The van der Waals surface area contributed by atoms with Crippen molar-refractivity contribution >= 4 is 44.3 Å². The van der Waals surface area contributed by atoms with Crippen LogP contribution in [0, 0.1) is 34.9 Å². The summed E-state index contributed by atoms with van der Waals surface area (Å²) in [6, 6.07) is 5.66. The van der Waals surface area contributed by atoms with Gasteiger partial charge in [0.2, 0.25) is 5.91 Å². The van der Waals surface area contributed by atoms with Gasteiger partial charge in [0.25, 0.3) is 0 Å². The van der Waals surface area contributed by atoms with Crippen molar-refractivity contribution in [1.29, 1.82) is 5.26 Å². The predicted octanol–water partition coefficient (Wildman–Crippen LogP) is 5.22. The van der Waals surface area contributed by atoms with Crippen molar-refractivity contribution in [2.75, 3.05) is 0 Å². The second-order valence-electron chi connectivity index (χ2n) is 9.37. The smallest absolute Gasteiger partial charge is 0.224 e. The van der Waals surface area contributed by atoms with Gasteiger partial charge < -0.3 is 10.3 Å². The van der Waals surface area contributed by atoms with E-state index in [0.29, 0.717) is 46.2 Å². The molecule has 174 valence electrons. The zero-order valence-electron chi connectivity index (χ0n) is 18.3. The fourth-order valence-electron chi connectivity index (χ4n) is 4.71. The molecule has 2 aromatic rings. The van der Waals surface area contributed by atoms with Gasteiger partial charge in [0, 0.05) is 34.5 Å². The molecule has 0 bridgehead atoms. The summed E-state index contributed by atoms with van der Waals surface area (Å²) in [5, 5.41) is 12.9. The zero-order valence-corrected chi connectivity index (χ0v) is 19.9. The number of halogens is 2. The Labute approximate surface area is 200 Å². The number of hydrogen-bond donors (Lipinski definition) is 2. The third-order valence-electron chi connectivity index (χ3n) is 6.74. The number of nitrogens with one attached hydrogen (secondary N) is 2. The van der Waals surface area contributed by atoms with E-state index in [9.17, 15) is 24.0 Å². The molecule has 1 heterocycles. The van der Waals surface area contributed by atoms with Gasteiger partial charge in [0.1, 0.15) is 17.6 Å². The van der Waals surface area contributed by atoms with Crippen LogP contribution in [0.1, 0.15) is 68.3 Å². The fourth-order valence-corrected chi connectivity index (χ4v) is 5.26. The third kappa shape index (κ3) is 5.89. The van der Waals surface area contributed by atoms with E-state index < -0.39 is 17.8 Å². The number of nitriles is 1. The number of nitrogens with zero attached hydrogens (tertiary/aromatic N) is 1. The maximum absolute atomic E-state index is 13.7. The molecular formula is C25H27BrFN3O3. The highest BCUT2D eigenvalue weighted by Gasteiger charge is 2.33. The molecule has 0 radical (unpaired) electrons. The summed E-state index contributed by atoms with van der Waals surface area (Å²) in [7, 11) is 0. The molecule has 0 unspecified atom stereocenters. The number of aromatic amines is 1. The average molecular weight is 516 g/mol. The Morgan fingerprint density at radius 2 is 2.00 bits per heavy atom. The van der Waals surface area contributed by atoms with E-state index in [2.05, 4.69) is 32.3 Å². The monoisotopic (exact) mass is 515 g/mol. The largest absolute Gasteiger partial charge is 0.351 e. The normalized spacial score (nSPS) is 20.3. The highest BCUT2D eigenvalue weighted by atomic mass is 79.9. The second kappa shape index (κ2) is 10.2. The van der Waals surface area contributed by atoms with Crippen LogP contribution in [0.3, 0.4) is 0 Å². The maximum atomic E-state index is 13.7. The zero-order chi connectivity index (χ0) is 23.5. The molecule has 2 saturated carbocycles. The van der Waals surface area contributed by atoms with E-state index in [0.717, 1.165) is 32.1 Å². The molecule has 8 heteroatoms. The van der Waals surface area contributed by atoms with Crippen LogP contribution >= 0.6 is 15.9 Å². The number of aromatic nitrogens is 1. The molecular weight excluding hydrogens is 489 g/mol. The summed E-state index contributed by atoms with van der Waals surface area (Å²) >= 11 is 3.30. The molecule has 0 saturated heterocycles. The summed E-state index contributed by atoms with van der Waals surface area (Å²) in [6.45, 7) is 0. The number of carbonyl (C=O) groups excluding carboxylic acids is 3. The van der Waals surface area contributed by atoms with Gasteiger partial charge in [0.15, 0.2) is 5.78 Å². The van der Waals surface area contributed by atoms with Crippen LogP contribution in [0.2, 0.25) is 0 Å². The van der Waals surface area contributed by atoms with Crippen molar-refractivity contribution in [3.63, 3.8) is 0 Å². The van der Waals surface area contributed by atoms with E-state index in [-0.39, 0.29) is 29.8 Å². The Morgan fingerprint density at radius 1 is 1.21 bits per heavy atom. The molecule has 1 aromatic carbocycles. The van der Waals surface area contributed by atoms with Gasteiger partial charge in [-0.2, -0.15) is 5.26 Å². The van der Waals surface area contributed by atoms with E-state index >= 15 is 0 Å². The second-order valence-corrected chi connectivity index (χ2v) is 10.2. The number of Topliss-reactive ketones (excluding diaryl/α,β-unsaturated/α-hetero) is 2. The maximum Gasteiger partial charge on any atom is 0.224 e. The fraction of sp³-hybridized carbons (Fsp3) is 0.520. The summed E-state index contributed by atoms with van der Waals surface area (Å²) < 4.78 is 14.2. The SMILES string of the molecule is N#C[C@H](C[C@@H]1CCCCC1=O)NC(=O)[C@@H](CC(=O)c1cc2cc(F)cc(Br)c2[nH]1)CC1CC1. The predicted molar refractivity (Wildman–Crippen MR) is 125 cm³/mol. The summed E-state index contributed by atoms with van der Waals surface area (Å²) in [5.41, 5.74) is 0.958. The minimum Gasteiger partial charge on any atom is -0.351 e. The van der Waals surface area contributed by atoms with Crippen LogP contribution in [-0.2, 0) is 9.59 Å². The summed E-state index contributed by atoms with van der Waals surface area (Å²) in [6.07, 6.45) is 6.16. The number of benzene rings is 1. The Kier molecular flexibility index (Phi) is 7.28. The molecule has 3 atom stereocenters. The van der Waals surface area contributed by atoms with Gasteiger partial charge in [-0.15, -0.1) is 0 Å². The van der Waals surface area contributed by atoms with Crippen LogP contribution in [0.25, 0.3) is 10.9 Å². The lowest BCUT2D eigenvalue weighted by atomic mass is 9.83. The molecule has 2 fully saturated rings. The van der Waals surface area contributed by atoms with Crippen molar-refractivity contribution in [1.82, 2.24) is 10.3 Å². The highest BCUT2D eigenvalue weighted by Crippen LogP contribution is 2.37. The average Bonchev–Trinajstić information content (AvgIpc) is 3.49. The van der Waals surface area contributed by atoms with Gasteiger partial charge >= 0.3 is 0 Å². The Balaban J connectivity index is 1.44. The number of carbonyl (C=O) groups is 3. The number of H-pyrrole nitrogens is 1. The molecule has 1 aromatic heterocycles. The van der Waals surface area contributed by atoms with E-state index in [1.54, 1.807) is 6.07 Å². The van der Waals surface area contributed by atoms with E-state index in [1.165, 1.54) is 12.1 Å². The van der Waals surface area contributed by atoms with Gasteiger partial charge in [-0.25, -0.2) is 4.39 Å². The Bertz CT molecular complexity index is 1120. The molecule has 2 aliphatic rings. The number of hydrogen-bond acceptors (Lipinski definition) is 4. The Morgan fingerprint density at radius 3 is 2.70 bits per heavy atom. The van der Waals surface area contributed by atoms with Gasteiger partial charge in [-0.1, -0.05) is 19.3 Å². The lowest BCUT2D eigenvalue weighted by molar-refractivity contribution is -0.127. The van der Waals surface area contributed by atoms with E-state index in [4.69, 9.17) is 0 Å². The molecule has 6 nitrogen and oxygen atoms in total.